The fourth-order valence-corrected chi connectivity index (χ4v) is 3.03. The van der Waals surface area contributed by atoms with Gasteiger partial charge in [-0.15, -0.1) is 0 Å². The molecule has 0 aromatic carbocycles. The number of piperidine rings is 1. The van der Waals surface area contributed by atoms with Gasteiger partial charge in [-0.05, 0) is 25.9 Å². The summed E-state index contributed by atoms with van der Waals surface area (Å²) in [4.78, 5) is 27.9. The van der Waals surface area contributed by atoms with E-state index in [9.17, 15) is 9.59 Å². The van der Waals surface area contributed by atoms with Crippen LogP contribution in [0, 0.1) is 5.92 Å². The summed E-state index contributed by atoms with van der Waals surface area (Å²) in [7, 11) is 0. The van der Waals surface area contributed by atoms with Crippen molar-refractivity contribution in [3.63, 3.8) is 0 Å². The number of carbonyl (C=O) groups excluding carboxylic acids is 2. The van der Waals surface area contributed by atoms with E-state index in [0.29, 0.717) is 6.67 Å². The molecule has 1 aliphatic carbocycles. The van der Waals surface area contributed by atoms with Gasteiger partial charge in [-0.3, -0.25) is 14.5 Å². The van der Waals surface area contributed by atoms with Gasteiger partial charge < -0.3 is 4.90 Å². The van der Waals surface area contributed by atoms with Crippen LogP contribution < -0.4 is 0 Å². The molecule has 0 aromatic heterocycles. The van der Waals surface area contributed by atoms with Crippen molar-refractivity contribution in [2.75, 3.05) is 19.8 Å². The van der Waals surface area contributed by atoms with Crippen LogP contribution in [0.5, 0.6) is 0 Å². The average molecular weight is 246 g/mol. The van der Waals surface area contributed by atoms with Gasteiger partial charge in [-0.25, -0.2) is 0 Å². The molecule has 4 nitrogen and oxygen atoms in total. The Hall–Kier alpha value is -1.42. The van der Waals surface area contributed by atoms with Crippen molar-refractivity contribution in [1.82, 2.24) is 9.80 Å². The first-order chi connectivity index (χ1) is 8.77. The van der Waals surface area contributed by atoms with E-state index in [2.05, 4.69) is 4.90 Å². The van der Waals surface area contributed by atoms with E-state index >= 15 is 0 Å². The van der Waals surface area contributed by atoms with Crippen LogP contribution in [0.1, 0.15) is 19.3 Å². The molecule has 2 atom stereocenters. The van der Waals surface area contributed by atoms with Crippen LogP contribution in [0.25, 0.3) is 0 Å². The molecule has 0 aromatic rings. The molecule has 1 amide bonds. The number of amides is 1. The zero-order valence-electron chi connectivity index (χ0n) is 10.4. The van der Waals surface area contributed by atoms with Crippen molar-refractivity contribution < 1.29 is 9.59 Å². The molecule has 18 heavy (non-hydrogen) atoms. The third kappa shape index (κ3) is 1.90. The van der Waals surface area contributed by atoms with Gasteiger partial charge in [0.05, 0.1) is 18.6 Å². The number of ketones is 1. The second-order valence-electron chi connectivity index (χ2n) is 5.25. The largest absolute Gasteiger partial charge is 0.316 e. The van der Waals surface area contributed by atoms with Crippen LogP contribution in [-0.2, 0) is 9.59 Å². The molecule has 0 spiro atoms. The van der Waals surface area contributed by atoms with E-state index in [0.717, 1.165) is 13.1 Å². The van der Waals surface area contributed by atoms with Crippen molar-refractivity contribution in [3.05, 3.63) is 24.3 Å². The van der Waals surface area contributed by atoms with Crippen LogP contribution in [0.2, 0.25) is 0 Å². The summed E-state index contributed by atoms with van der Waals surface area (Å²) in [6.07, 6.45) is 11.3. The number of nitrogens with zero attached hydrogens (tertiary/aromatic N) is 2. The first-order valence-corrected chi connectivity index (χ1v) is 6.69. The molecule has 2 saturated heterocycles. The van der Waals surface area contributed by atoms with Crippen molar-refractivity contribution >= 4 is 11.7 Å². The lowest BCUT2D eigenvalue weighted by molar-refractivity contribution is -0.141. The summed E-state index contributed by atoms with van der Waals surface area (Å²) in [6, 6.07) is -0.0584. The average Bonchev–Trinajstić information content (AvgIpc) is 2.66. The van der Waals surface area contributed by atoms with Crippen LogP contribution in [-0.4, -0.2) is 47.3 Å². The summed E-state index contributed by atoms with van der Waals surface area (Å²) < 4.78 is 0. The highest BCUT2D eigenvalue weighted by atomic mass is 16.2. The normalized spacial score (nSPS) is 32.1. The lowest BCUT2D eigenvalue weighted by Gasteiger charge is -2.33. The predicted octanol–water partition coefficient (Wildman–Crippen LogP) is 0.952. The molecule has 3 rings (SSSR count). The molecule has 2 unspecified atom stereocenters. The molecular weight excluding hydrogens is 228 g/mol. The van der Waals surface area contributed by atoms with Crippen molar-refractivity contribution in [2.45, 2.75) is 25.3 Å². The first kappa shape index (κ1) is 11.7. The molecule has 96 valence electrons. The van der Waals surface area contributed by atoms with E-state index < -0.39 is 0 Å². The second kappa shape index (κ2) is 4.69. The molecular formula is C14H18N2O2. The molecule has 0 saturated carbocycles. The summed E-state index contributed by atoms with van der Waals surface area (Å²) in [5.41, 5.74) is 0. The molecule has 4 heteroatoms. The Balaban J connectivity index is 1.74. The topological polar surface area (TPSA) is 40.6 Å². The third-order valence-corrected chi connectivity index (χ3v) is 4.04. The number of likely N-dealkylation sites (tertiary alicyclic amines) is 2. The van der Waals surface area contributed by atoms with E-state index in [1.807, 2.05) is 24.3 Å². The Labute approximate surface area is 107 Å². The first-order valence-electron chi connectivity index (χ1n) is 6.69. The van der Waals surface area contributed by atoms with Gasteiger partial charge in [0, 0.05) is 0 Å². The van der Waals surface area contributed by atoms with Gasteiger partial charge in [-0.1, -0.05) is 30.7 Å². The van der Waals surface area contributed by atoms with Crippen LogP contribution in [0.3, 0.4) is 0 Å². The molecule has 3 aliphatic rings. The van der Waals surface area contributed by atoms with Crippen LogP contribution in [0.15, 0.2) is 24.3 Å². The Bertz CT molecular complexity index is 422. The maximum Gasteiger partial charge on any atom is 0.292 e. The number of rotatable bonds is 2. The minimum Gasteiger partial charge on any atom is -0.316 e. The standard InChI is InChI=1S/C14H18N2O2/c17-13-11-6-2-3-7-12(11)16(14(13)18)10-15-8-4-1-5-9-15/h2-3,6-7,11-12H,1,4-5,8-10H2. The van der Waals surface area contributed by atoms with Crippen molar-refractivity contribution in [1.29, 1.82) is 0 Å². The van der Waals surface area contributed by atoms with E-state index in [-0.39, 0.29) is 23.7 Å². The molecule has 2 fully saturated rings. The van der Waals surface area contributed by atoms with Crippen molar-refractivity contribution in [2.24, 2.45) is 5.92 Å². The lowest BCUT2D eigenvalue weighted by Crippen LogP contribution is -2.45. The number of fused-ring (bicyclic) bond motifs is 1. The quantitative estimate of drug-likeness (QED) is 0.681. The number of hydrogen-bond acceptors (Lipinski definition) is 3. The summed E-state index contributed by atoms with van der Waals surface area (Å²) in [5, 5.41) is 0. The van der Waals surface area contributed by atoms with Crippen LogP contribution in [0.4, 0.5) is 0 Å². The monoisotopic (exact) mass is 246 g/mol. The number of hydrogen-bond donors (Lipinski definition) is 0. The number of Topliss-reactive ketones (excluding diaryl/α,β-unsaturated/α-hetero) is 1. The van der Waals surface area contributed by atoms with E-state index in [1.165, 1.54) is 19.3 Å². The maximum atomic E-state index is 12.0. The van der Waals surface area contributed by atoms with Gasteiger partial charge in [0.1, 0.15) is 0 Å². The smallest absolute Gasteiger partial charge is 0.292 e. The van der Waals surface area contributed by atoms with Gasteiger partial charge in [0.25, 0.3) is 5.91 Å². The summed E-state index contributed by atoms with van der Waals surface area (Å²) >= 11 is 0. The predicted molar refractivity (Wildman–Crippen MR) is 67.7 cm³/mol. The highest BCUT2D eigenvalue weighted by molar-refractivity contribution is 6.39. The summed E-state index contributed by atoms with van der Waals surface area (Å²) in [6.45, 7) is 2.67. The van der Waals surface area contributed by atoms with Gasteiger partial charge in [0.15, 0.2) is 0 Å². The summed E-state index contributed by atoms with van der Waals surface area (Å²) in [5.74, 6) is -0.823. The van der Waals surface area contributed by atoms with Gasteiger partial charge >= 0.3 is 0 Å². The minimum atomic E-state index is -0.313. The Morgan fingerprint density at radius 2 is 1.78 bits per heavy atom. The SMILES string of the molecule is O=C1C(=O)N(CN2CCCCC2)C2C=CC=CC12. The number of allylic oxidation sites excluding steroid dienone is 2. The van der Waals surface area contributed by atoms with E-state index in [1.54, 1.807) is 4.90 Å². The Morgan fingerprint density at radius 3 is 2.56 bits per heavy atom. The second-order valence-corrected chi connectivity index (χ2v) is 5.25. The van der Waals surface area contributed by atoms with E-state index in [4.69, 9.17) is 0 Å². The maximum absolute atomic E-state index is 12.0. The number of carbonyl (C=O) groups is 2. The minimum absolute atomic E-state index is 0.0584. The zero-order chi connectivity index (χ0) is 12.5. The molecule has 0 bridgehead atoms. The molecule has 2 aliphatic heterocycles. The molecule has 0 N–H and O–H groups in total. The highest BCUT2D eigenvalue weighted by Crippen LogP contribution is 2.28. The Kier molecular flexibility index (Phi) is 3.04. The lowest BCUT2D eigenvalue weighted by atomic mass is 9.95. The molecule has 0 radical (unpaired) electrons. The Morgan fingerprint density at radius 1 is 1.06 bits per heavy atom. The molecule has 2 heterocycles. The fourth-order valence-electron chi connectivity index (χ4n) is 3.03. The van der Waals surface area contributed by atoms with Gasteiger partial charge in [0.2, 0.25) is 5.78 Å². The van der Waals surface area contributed by atoms with Crippen LogP contribution >= 0.6 is 0 Å². The third-order valence-electron chi connectivity index (χ3n) is 4.04. The van der Waals surface area contributed by atoms with Crippen molar-refractivity contribution in [3.8, 4) is 0 Å². The fraction of sp³-hybridized carbons (Fsp3) is 0.571. The van der Waals surface area contributed by atoms with Gasteiger partial charge in [-0.2, -0.15) is 0 Å². The zero-order valence-corrected chi connectivity index (χ0v) is 10.4. The highest BCUT2D eigenvalue weighted by Gasteiger charge is 2.45.